The fourth-order valence-corrected chi connectivity index (χ4v) is 15.3. The molecule has 0 aliphatic heterocycles. The second-order valence-corrected chi connectivity index (χ2v) is 24.6. The van der Waals surface area contributed by atoms with E-state index in [2.05, 4.69) is 320 Å². The van der Waals surface area contributed by atoms with Gasteiger partial charge in [-0.1, -0.05) is 301 Å². The first-order valence-electron chi connectivity index (χ1n) is 30.1. The molecule has 0 heteroatoms. The lowest BCUT2D eigenvalue weighted by molar-refractivity contribution is 0.660. The quantitative estimate of drug-likeness (QED) is 0.135. The second kappa shape index (κ2) is 19.5. The van der Waals surface area contributed by atoms with E-state index in [0.717, 1.165) is 0 Å². The molecule has 12 aromatic rings. The van der Waals surface area contributed by atoms with Crippen LogP contribution in [-0.4, -0.2) is 0 Å². The van der Waals surface area contributed by atoms with Crippen molar-refractivity contribution in [1.29, 1.82) is 0 Å². The highest BCUT2D eigenvalue weighted by Crippen LogP contribution is 2.66. The van der Waals surface area contributed by atoms with Crippen molar-refractivity contribution < 1.29 is 0 Å². The first kappa shape index (κ1) is 50.6. The number of allylic oxidation sites excluding steroid dienone is 5. The zero-order chi connectivity index (χ0) is 57.1. The van der Waals surface area contributed by atoms with Gasteiger partial charge in [0.1, 0.15) is 0 Å². The van der Waals surface area contributed by atoms with Crippen molar-refractivity contribution in [2.45, 2.75) is 45.4 Å². The van der Waals surface area contributed by atoms with Crippen LogP contribution in [0.4, 0.5) is 0 Å². The number of fused-ring (bicyclic) bond motifs is 9. The molecule has 0 aromatic heterocycles. The summed E-state index contributed by atoms with van der Waals surface area (Å²) >= 11 is 0. The number of benzene rings is 12. The van der Waals surface area contributed by atoms with Crippen LogP contribution >= 0.6 is 0 Å². The van der Waals surface area contributed by atoms with Gasteiger partial charge in [-0.15, -0.1) is 0 Å². The molecule has 85 heavy (non-hydrogen) atoms. The van der Waals surface area contributed by atoms with Gasteiger partial charge in [0.25, 0.3) is 0 Å². The molecule has 0 fully saturated rings. The van der Waals surface area contributed by atoms with Crippen molar-refractivity contribution in [1.82, 2.24) is 0 Å². The smallest absolute Gasteiger partial charge is 0.0158 e. The lowest BCUT2D eigenvalue weighted by atomic mass is 9.76. The van der Waals surface area contributed by atoms with Crippen molar-refractivity contribution in [3.05, 3.63) is 352 Å². The molecule has 0 N–H and O–H groups in total. The molecule has 4 aliphatic rings. The molecule has 0 radical (unpaired) electrons. The van der Waals surface area contributed by atoms with Crippen LogP contribution in [0.25, 0.3) is 106 Å². The van der Waals surface area contributed by atoms with E-state index < -0.39 is 0 Å². The van der Waals surface area contributed by atoms with E-state index in [0.29, 0.717) is 0 Å². The number of rotatable bonds is 9. The van der Waals surface area contributed by atoms with Crippen LogP contribution < -0.4 is 0 Å². The maximum atomic E-state index is 2.43. The van der Waals surface area contributed by atoms with Crippen molar-refractivity contribution in [2.24, 2.45) is 0 Å². The lowest BCUT2D eigenvalue weighted by Gasteiger charge is -2.26. The molecule has 0 saturated carbocycles. The van der Waals surface area contributed by atoms with Crippen molar-refractivity contribution in [3.8, 4) is 77.9 Å². The molecule has 0 amide bonds. The molecule has 0 unspecified atom stereocenters. The van der Waals surface area contributed by atoms with Crippen molar-refractivity contribution in [2.75, 3.05) is 0 Å². The summed E-state index contributed by atoms with van der Waals surface area (Å²) in [5, 5.41) is 0. The second-order valence-electron chi connectivity index (χ2n) is 24.6. The number of hydrogen-bond donors (Lipinski definition) is 0. The van der Waals surface area contributed by atoms with Gasteiger partial charge in [0.05, 0.1) is 0 Å². The van der Waals surface area contributed by atoms with Gasteiger partial charge in [-0.3, -0.25) is 0 Å². The summed E-state index contributed by atoms with van der Waals surface area (Å²) in [6, 6.07) is 107. The Hall–Kier alpha value is -10.1. The minimum atomic E-state index is -0.0590. The molecule has 0 bridgehead atoms. The topological polar surface area (TPSA) is 0 Å². The Labute approximate surface area is 500 Å². The van der Waals surface area contributed by atoms with Gasteiger partial charge in [-0.2, -0.15) is 0 Å². The molecule has 0 saturated heterocycles. The minimum absolute atomic E-state index is 0.0583. The summed E-state index contributed by atoms with van der Waals surface area (Å²) in [5.41, 5.74) is 39.0. The number of hydrogen-bond acceptors (Lipinski definition) is 0. The molecule has 4 aliphatic carbocycles. The van der Waals surface area contributed by atoms with E-state index >= 15 is 0 Å². The predicted molar refractivity (Wildman–Crippen MR) is 359 cm³/mol. The molecular weight excluding hydrogens is 1020 g/mol. The Morgan fingerprint density at radius 2 is 0.482 bits per heavy atom. The monoisotopic (exact) mass is 1080 g/mol. The largest absolute Gasteiger partial charge is 0.0622 e. The molecule has 402 valence electrons. The summed E-state index contributed by atoms with van der Waals surface area (Å²) in [6.07, 6.45) is 0. The third-order valence-electron chi connectivity index (χ3n) is 19.2. The summed E-state index contributed by atoms with van der Waals surface area (Å²) in [5.74, 6) is 0. The average molecular weight is 1080 g/mol. The Morgan fingerprint density at radius 3 is 0.918 bits per heavy atom. The van der Waals surface area contributed by atoms with E-state index in [4.69, 9.17) is 0 Å². The standard InChI is InChI=1S/C85H62/c1-53-73(56-25-11-6-12-26-56)75(57-27-13-7-14-28-57)78(59-31-17-9-18-32-59)81-74(53)76(61-43-39-54(40-44-61)63-47-49-71-67(51-63)65-35-21-23-37-69(65)84(71,2)3)82-79(60-33-19-10-20-34-60)77(58-29-15-8-16-30-58)80(83(81)82)62-45-41-55(42-46-62)64-48-50-72-68(52-64)66-36-22-24-38-70(66)85(72,4)5/h6-52H,1-5H3. The normalized spacial score (nSPS) is 14.7. The first-order chi connectivity index (χ1) is 41.6. The van der Waals surface area contributed by atoms with Gasteiger partial charge in [0, 0.05) is 10.8 Å². The van der Waals surface area contributed by atoms with E-state index in [9.17, 15) is 0 Å². The van der Waals surface area contributed by atoms with E-state index in [1.54, 1.807) is 0 Å². The Kier molecular flexibility index (Phi) is 11.6. The highest BCUT2D eigenvalue weighted by Gasteiger charge is 2.44. The minimum Gasteiger partial charge on any atom is -0.0622 e. The summed E-state index contributed by atoms with van der Waals surface area (Å²) in [4.78, 5) is 0. The van der Waals surface area contributed by atoms with Crippen LogP contribution in [0.2, 0.25) is 0 Å². The van der Waals surface area contributed by atoms with Crippen molar-refractivity contribution in [3.63, 3.8) is 0 Å². The van der Waals surface area contributed by atoms with E-state index in [1.165, 1.54) is 173 Å². The summed E-state index contributed by atoms with van der Waals surface area (Å²) in [7, 11) is 0. The maximum Gasteiger partial charge on any atom is 0.0158 e. The van der Waals surface area contributed by atoms with Crippen LogP contribution in [-0.2, 0) is 10.8 Å². The van der Waals surface area contributed by atoms with Crippen LogP contribution in [0.3, 0.4) is 0 Å². The highest BCUT2D eigenvalue weighted by atomic mass is 14.5. The van der Waals surface area contributed by atoms with Gasteiger partial charge in [-0.05, 0) is 192 Å². The zero-order valence-electron chi connectivity index (χ0n) is 48.6. The Bertz CT molecular complexity index is 4780. The summed E-state index contributed by atoms with van der Waals surface area (Å²) < 4.78 is 0. The molecule has 0 atom stereocenters. The SMILES string of the molecule is Cc1c2c(c(-c3ccccc3)c(-c3ccccc3)c1-c1ccccc1)C1=C(c3ccc(-c4ccc5c(c4)-c4ccccc4C5(C)C)cc3)C(c3ccccc3)=C(c3ccccc3)C1=C2c1ccc(-c2ccc3c(c2)-c2ccccc2C3(C)C)cc1. The Morgan fingerprint density at radius 1 is 0.188 bits per heavy atom. The molecular formula is C85H62. The molecule has 0 spiro atoms. The lowest BCUT2D eigenvalue weighted by Crippen LogP contribution is -2.14. The molecule has 0 heterocycles. The predicted octanol–water partition coefficient (Wildman–Crippen LogP) is 22.3. The van der Waals surface area contributed by atoms with Crippen LogP contribution in [0, 0.1) is 6.92 Å². The first-order valence-corrected chi connectivity index (χ1v) is 30.1. The van der Waals surface area contributed by atoms with E-state index in [-0.39, 0.29) is 10.8 Å². The highest BCUT2D eigenvalue weighted by molar-refractivity contribution is 6.40. The van der Waals surface area contributed by atoms with E-state index in [1.807, 2.05) is 0 Å². The summed E-state index contributed by atoms with van der Waals surface area (Å²) in [6.45, 7) is 11.8. The molecule has 12 aromatic carbocycles. The van der Waals surface area contributed by atoms with Gasteiger partial charge in [-0.25, -0.2) is 0 Å². The van der Waals surface area contributed by atoms with Crippen molar-refractivity contribution >= 4 is 27.9 Å². The maximum absolute atomic E-state index is 2.43. The average Bonchev–Trinajstić information content (AvgIpc) is 1.69. The molecule has 0 nitrogen and oxygen atoms in total. The third kappa shape index (κ3) is 7.75. The van der Waals surface area contributed by atoms with Crippen LogP contribution in [0.5, 0.6) is 0 Å². The van der Waals surface area contributed by atoms with Crippen LogP contribution in [0.1, 0.15) is 88.9 Å². The Balaban J connectivity index is 1.00. The van der Waals surface area contributed by atoms with Gasteiger partial charge in [0.15, 0.2) is 0 Å². The fraction of sp³-hybridized carbons (Fsp3) is 0.0824. The zero-order valence-corrected chi connectivity index (χ0v) is 48.6. The molecule has 16 rings (SSSR count). The van der Waals surface area contributed by atoms with Gasteiger partial charge >= 0.3 is 0 Å². The fourth-order valence-electron chi connectivity index (χ4n) is 15.3. The van der Waals surface area contributed by atoms with Gasteiger partial charge in [0.2, 0.25) is 0 Å². The van der Waals surface area contributed by atoms with Gasteiger partial charge < -0.3 is 0 Å². The third-order valence-corrected chi connectivity index (χ3v) is 19.2. The van der Waals surface area contributed by atoms with Crippen LogP contribution in [0.15, 0.2) is 291 Å².